The van der Waals surface area contributed by atoms with E-state index in [0.717, 1.165) is 30.5 Å². The monoisotopic (exact) mass is 396 g/mol. The fourth-order valence-electron chi connectivity index (χ4n) is 3.38. The Morgan fingerprint density at radius 1 is 1.07 bits per heavy atom. The van der Waals surface area contributed by atoms with Crippen molar-refractivity contribution in [2.75, 3.05) is 38.2 Å². The number of carbonyl (C=O) groups is 1. The molecule has 2 aromatic carbocycles. The molecule has 0 bridgehead atoms. The van der Waals surface area contributed by atoms with Crippen molar-refractivity contribution in [3.05, 3.63) is 71.5 Å². The molecule has 3 aromatic rings. The summed E-state index contributed by atoms with van der Waals surface area (Å²) in [6, 6.07) is 14.9. The molecule has 4 rings (SSSR count). The summed E-state index contributed by atoms with van der Waals surface area (Å²) in [5.41, 5.74) is 1.65. The largest absolute Gasteiger partial charge is 0.497 e. The van der Waals surface area contributed by atoms with E-state index in [9.17, 15) is 4.79 Å². The second-order valence-corrected chi connectivity index (χ2v) is 7.02. The standard InChI is InChI=1S/C21H21ClN4O2/c1-28-19-4-2-3-18(15-19)26-10-9-23-21(26)25-13-11-24(12-14-25)20(27)16-5-7-17(22)8-6-16/h2-10,15H,11-14H2,1H3. The van der Waals surface area contributed by atoms with E-state index in [2.05, 4.69) is 9.88 Å². The molecule has 1 aliphatic rings. The predicted octanol–water partition coefficient (Wildman–Crippen LogP) is 3.50. The van der Waals surface area contributed by atoms with Crippen LogP contribution >= 0.6 is 11.6 Å². The number of imidazole rings is 1. The van der Waals surface area contributed by atoms with E-state index in [1.54, 1.807) is 37.6 Å². The first-order chi connectivity index (χ1) is 13.7. The van der Waals surface area contributed by atoms with Crippen molar-refractivity contribution in [2.45, 2.75) is 0 Å². The number of anilines is 1. The van der Waals surface area contributed by atoms with E-state index >= 15 is 0 Å². The summed E-state index contributed by atoms with van der Waals surface area (Å²) >= 11 is 5.91. The first-order valence-electron chi connectivity index (χ1n) is 9.13. The average Bonchev–Trinajstić information content (AvgIpc) is 3.24. The number of halogens is 1. The average molecular weight is 397 g/mol. The quantitative estimate of drug-likeness (QED) is 0.677. The highest BCUT2D eigenvalue weighted by molar-refractivity contribution is 6.30. The second kappa shape index (κ2) is 7.94. The smallest absolute Gasteiger partial charge is 0.253 e. The van der Waals surface area contributed by atoms with E-state index in [0.29, 0.717) is 23.7 Å². The summed E-state index contributed by atoms with van der Waals surface area (Å²) in [6.45, 7) is 2.74. The zero-order valence-corrected chi connectivity index (χ0v) is 16.3. The third-order valence-electron chi connectivity index (χ3n) is 4.89. The van der Waals surface area contributed by atoms with Crippen LogP contribution in [0.25, 0.3) is 5.69 Å². The van der Waals surface area contributed by atoms with Gasteiger partial charge < -0.3 is 14.5 Å². The number of nitrogens with zero attached hydrogens (tertiary/aromatic N) is 4. The van der Waals surface area contributed by atoms with Gasteiger partial charge in [0.05, 0.1) is 12.8 Å². The Morgan fingerprint density at radius 3 is 2.54 bits per heavy atom. The lowest BCUT2D eigenvalue weighted by atomic mass is 10.2. The van der Waals surface area contributed by atoms with Crippen molar-refractivity contribution in [1.29, 1.82) is 0 Å². The summed E-state index contributed by atoms with van der Waals surface area (Å²) in [6.07, 6.45) is 3.73. The highest BCUT2D eigenvalue weighted by Crippen LogP contribution is 2.23. The molecule has 1 amide bonds. The second-order valence-electron chi connectivity index (χ2n) is 6.58. The molecule has 2 heterocycles. The Balaban J connectivity index is 1.47. The molecule has 1 fully saturated rings. The number of aromatic nitrogens is 2. The van der Waals surface area contributed by atoms with Crippen molar-refractivity contribution in [2.24, 2.45) is 0 Å². The number of carbonyl (C=O) groups excluding carboxylic acids is 1. The Bertz CT molecular complexity index is 963. The van der Waals surface area contributed by atoms with Gasteiger partial charge in [-0.2, -0.15) is 0 Å². The highest BCUT2D eigenvalue weighted by Gasteiger charge is 2.24. The molecule has 0 saturated carbocycles. The highest BCUT2D eigenvalue weighted by atomic mass is 35.5. The van der Waals surface area contributed by atoms with Crippen molar-refractivity contribution in [3.63, 3.8) is 0 Å². The molecular weight excluding hydrogens is 376 g/mol. The fraction of sp³-hybridized carbons (Fsp3) is 0.238. The summed E-state index contributed by atoms with van der Waals surface area (Å²) in [5.74, 6) is 1.70. The van der Waals surface area contributed by atoms with Crippen molar-refractivity contribution >= 4 is 23.5 Å². The predicted molar refractivity (Wildman–Crippen MR) is 110 cm³/mol. The minimum atomic E-state index is 0.0347. The number of benzene rings is 2. The lowest BCUT2D eigenvalue weighted by molar-refractivity contribution is 0.0746. The van der Waals surface area contributed by atoms with Gasteiger partial charge in [0.15, 0.2) is 0 Å². The first kappa shape index (κ1) is 18.4. The molecule has 1 saturated heterocycles. The van der Waals surface area contributed by atoms with E-state index in [4.69, 9.17) is 16.3 Å². The van der Waals surface area contributed by atoms with E-state index in [1.807, 2.05) is 39.9 Å². The maximum Gasteiger partial charge on any atom is 0.253 e. The van der Waals surface area contributed by atoms with Crippen molar-refractivity contribution < 1.29 is 9.53 Å². The van der Waals surface area contributed by atoms with Crippen LogP contribution < -0.4 is 9.64 Å². The number of methoxy groups -OCH3 is 1. The van der Waals surface area contributed by atoms with E-state index < -0.39 is 0 Å². The lowest BCUT2D eigenvalue weighted by Crippen LogP contribution is -2.49. The maximum atomic E-state index is 12.7. The van der Waals surface area contributed by atoms with Gasteiger partial charge in [-0.1, -0.05) is 17.7 Å². The van der Waals surface area contributed by atoms with Gasteiger partial charge in [0.1, 0.15) is 5.75 Å². The lowest BCUT2D eigenvalue weighted by Gasteiger charge is -2.35. The molecule has 0 spiro atoms. The third-order valence-corrected chi connectivity index (χ3v) is 5.15. The van der Waals surface area contributed by atoms with Crippen LogP contribution in [0, 0.1) is 0 Å². The van der Waals surface area contributed by atoms with Crippen molar-refractivity contribution in [1.82, 2.24) is 14.5 Å². The fourth-order valence-corrected chi connectivity index (χ4v) is 3.50. The maximum absolute atomic E-state index is 12.7. The van der Waals surface area contributed by atoms with Crippen LogP contribution in [0.2, 0.25) is 5.02 Å². The minimum absolute atomic E-state index is 0.0347. The van der Waals surface area contributed by atoms with Gasteiger partial charge in [-0.05, 0) is 36.4 Å². The molecule has 0 N–H and O–H groups in total. The Kier molecular flexibility index (Phi) is 5.21. The minimum Gasteiger partial charge on any atom is -0.497 e. The molecule has 28 heavy (non-hydrogen) atoms. The van der Waals surface area contributed by atoms with Gasteiger partial charge in [0, 0.05) is 55.2 Å². The van der Waals surface area contributed by atoms with Gasteiger partial charge in [-0.25, -0.2) is 4.98 Å². The molecule has 0 aliphatic carbocycles. The zero-order chi connectivity index (χ0) is 19.5. The van der Waals surface area contributed by atoms with Gasteiger partial charge >= 0.3 is 0 Å². The van der Waals surface area contributed by atoms with Crippen LogP contribution in [0.4, 0.5) is 5.95 Å². The summed E-state index contributed by atoms with van der Waals surface area (Å²) < 4.78 is 7.37. The molecular formula is C21H21ClN4O2. The molecule has 6 nitrogen and oxygen atoms in total. The van der Waals surface area contributed by atoms with Crippen LogP contribution in [0.5, 0.6) is 5.75 Å². The van der Waals surface area contributed by atoms with Gasteiger partial charge in [0.25, 0.3) is 5.91 Å². The number of hydrogen-bond donors (Lipinski definition) is 0. The van der Waals surface area contributed by atoms with E-state index in [1.165, 1.54) is 0 Å². The Morgan fingerprint density at radius 2 is 1.82 bits per heavy atom. The Hall–Kier alpha value is -2.99. The SMILES string of the molecule is COc1cccc(-n2ccnc2N2CCN(C(=O)c3ccc(Cl)cc3)CC2)c1. The number of ether oxygens (including phenoxy) is 1. The summed E-state index contributed by atoms with van der Waals surface area (Å²) in [7, 11) is 1.66. The molecule has 7 heteroatoms. The number of hydrogen-bond acceptors (Lipinski definition) is 4. The van der Waals surface area contributed by atoms with Gasteiger partial charge in [0.2, 0.25) is 5.95 Å². The first-order valence-corrected chi connectivity index (χ1v) is 9.51. The molecule has 1 aromatic heterocycles. The zero-order valence-electron chi connectivity index (χ0n) is 15.6. The third kappa shape index (κ3) is 3.68. The van der Waals surface area contributed by atoms with Crippen molar-refractivity contribution in [3.8, 4) is 11.4 Å². The van der Waals surface area contributed by atoms with Crippen LogP contribution in [-0.4, -0.2) is 53.6 Å². The topological polar surface area (TPSA) is 50.6 Å². The number of piperazine rings is 1. The molecule has 144 valence electrons. The molecule has 0 unspecified atom stereocenters. The number of rotatable bonds is 4. The number of amides is 1. The van der Waals surface area contributed by atoms with Gasteiger partial charge in [-0.3, -0.25) is 9.36 Å². The van der Waals surface area contributed by atoms with E-state index in [-0.39, 0.29) is 5.91 Å². The molecule has 0 atom stereocenters. The summed E-state index contributed by atoms with van der Waals surface area (Å²) in [4.78, 5) is 21.3. The Labute approximate surface area is 168 Å². The van der Waals surface area contributed by atoms with Crippen LogP contribution in [0.1, 0.15) is 10.4 Å². The molecule has 0 radical (unpaired) electrons. The normalized spacial score (nSPS) is 14.2. The van der Waals surface area contributed by atoms with Crippen LogP contribution in [0.3, 0.4) is 0 Å². The van der Waals surface area contributed by atoms with Gasteiger partial charge in [-0.15, -0.1) is 0 Å². The van der Waals surface area contributed by atoms with Crippen LogP contribution in [0.15, 0.2) is 60.9 Å². The summed E-state index contributed by atoms with van der Waals surface area (Å²) in [5, 5.41) is 0.630. The van der Waals surface area contributed by atoms with Crippen LogP contribution in [-0.2, 0) is 0 Å². The molecule has 1 aliphatic heterocycles.